The van der Waals surface area contributed by atoms with E-state index in [1.807, 2.05) is 6.92 Å². The zero-order valence-electron chi connectivity index (χ0n) is 14.7. The van der Waals surface area contributed by atoms with Crippen LogP contribution in [0.15, 0.2) is 12.1 Å². The Morgan fingerprint density at radius 3 is 2.21 bits per heavy atom. The van der Waals surface area contributed by atoms with Crippen LogP contribution in [0.1, 0.15) is 30.1 Å². The van der Waals surface area contributed by atoms with Crippen molar-refractivity contribution in [1.29, 1.82) is 0 Å². The van der Waals surface area contributed by atoms with E-state index < -0.39 is 0 Å². The van der Waals surface area contributed by atoms with Gasteiger partial charge in [-0.2, -0.15) is 0 Å². The molecule has 8 heteroatoms. The summed E-state index contributed by atoms with van der Waals surface area (Å²) in [4.78, 5) is 25.8. The van der Waals surface area contributed by atoms with E-state index in [1.165, 1.54) is 19.1 Å². The zero-order valence-corrected chi connectivity index (χ0v) is 15.5. The lowest BCUT2D eigenvalue weighted by atomic mass is 10.1. The van der Waals surface area contributed by atoms with Gasteiger partial charge in [0.2, 0.25) is 5.91 Å². The minimum atomic E-state index is -0.242. The summed E-state index contributed by atoms with van der Waals surface area (Å²) in [5, 5.41) is 2.75. The summed E-state index contributed by atoms with van der Waals surface area (Å²) in [7, 11) is 6.26. The lowest BCUT2D eigenvalue weighted by Crippen LogP contribution is -2.25. The number of benzene rings is 1. The van der Waals surface area contributed by atoms with Gasteiger partial charge in [0.15, 0.2) is 11.5 Å². The quantitative estimate of drug-likeness (QED) is 0.775. The number of hydrogen-bond donors (Lipinski definition) is 2. The predicted octanol–water partition coefficient (Wildman–Crippen LogP) is 1.89. The van der Waals surface area contributed by atoms with E-state index in [-0.39, 0.29) is 36.7 Å². The molecular weight excluding hydrogens is 334 g/mol. The smallest absolute Gasteiger partial charge is 0.255 e. The van der Waals surface area contributed by atoms with Crippen LogP contribution in [0.25, 0.3) is 0 Å². The van der Waals surface area contributed by atoms with Crippen LogP contribution in [0.2, 0.25) is 0 Å². The predicted molar refractivity (Wildman–Crippen MR) is 96.3 cm³/mol. The Kier molecular flexibility index (Phi) is 9.17. The van der Waals surface area contributed by atoms with Crippen LogP contribution in [0.4, 0.5) is 5.69 Å². The maximum atomic E-state index is 12.3. The van der Waals surface area contributed by atoms with Gasteiger partial charge in [-0.1, -0.05) is 0 Å². The van der Waals surface area contributed by atoms with Gasteiger partial charge >= 0.3 is 0 Å². The molecule has 0 heterocycles. The van der Waals surface area contributed by atoms with Gasteiger partial charge in [-0.25, -0.2) is 0 Å². The molecule has 136 valence electrons. The third kappa shape index (κ3) is 5.90. The van der Waals surface area contributed by atoms with E-state index in [0.29, 0.717) is 29.2 Å². The Morgan fingerprint density at radius 1 is 1.21 bits per heavy atom. The fourth-order valence-electron chi connectivity index (χ4n) is 1.97. The molecule has 3 N–H and O–H groups in total. The van der Waals surface area contributed by atoms with E-state index in [2.05, 4.69) is 5.32 Å². The number of hydrogen-bond acceptors (Lipinski definition) is 5. The lowest BCUT2D eigenvalue weighted by Gasteiger charge is -2.18. The molecule has 0 bridgehead atoms. The van der Waals surface area contributed by atoms with Crippen LogP contribution in [0, 0.1) is 0 Å². The number of carbonyl (C=O) groups is 2. The zero-order chi connectivity index (χ0) is 17.6. The van der Waals surface area contributed by atoms with Crippen LogP contribution >= 0.6 is 12.4 Å². The molecule has 1 aromatic carbocycles. The molecule has 0 aromatic heterocycles. The summed E-state index contributed by atoms with van der Waals surface area (Å²) < 4.78 is 10.5. The number of ether oxygens (including phenoxy) is 2. The molecule has 0 aliphatic rings. The molecule has 1 rings (SSSR count). The number of nitrogens with one attached hydrogen (secondary N) is 1. The molecule has 0 aliphatic carbocycles. The van der Waals surface area contributed by atoms with Crippen LogP contribution in [0.5, 0.6) is 11.5 Å². The first-order chi connectivity index (χ1) is 10.8. The molecule has 1 atom stereocenters. The van der Waals surface area contributed by atoms with Crippen molar-refractivity contribution in [1.82, 2.24) is 4.90 Å². The number of nitrogens with zero attached hydrogens (tertiary/aromatic N) is 1. The van der Waals surface area contributed by atoms with Gasteiger partial charge in [0, 0.05) is 32.6 Å². The van der Waals surface area contributed by atoms with Crippen molar-refractivity contribution in [2.75, 3.05) is 33.6 Å². The highest BCUT2D eigenvalue weighted by Gasteiger charge is 2.19. The monoisotopic (exact) mass is 359 g/mol. The van der Waals surface area contributed by atoms with Gasteiger partial charge in [0.05, 0.1) is 25.5 Å². The molecule has 0 spiro atoms. The van der Waals surface area contributed by atoms with Crippen molar-refractivity contribution in [2.45, 2.75) is 25.8 Å². The van der Waals surface area contributed by atoms with E-state index in [4.69, 9.17) is 15.2 Å². The van der Waals surface area contributed by atoms with Gasteiger partial charge in [-0.15, -0.1) is 12.4 Å². The van der Waals surface area contributed by atoms with E-state index in [0.717, 1.165) is 0 Å². The fraction of sp³-hybridized carbons (Fsp3) is 0.500. The second-order valence-corrected chi connectivity index (χ2v) is 5.52. The normalized spacial score (nSPS) is 11.1. The van der Waals surface area contributed by atoms with Crippen molar-refractivity contribution in [3.8, 4) is 11.5 Å². The molecule has 7 nitrogen and oxygen atoms in total. The molecular formula is C16H26ClN3O4. The van der Waals surface area contributed by atoms with E-state index in [1.54, 1.807) is 26.2 Å². The van der Waals surface area contributed by atoms with Gasteiger partial charge in [0.25, 0.3) is 5.91 Å². The standard InChI is InChI=1S/C16H25N3O4.ClH/c1-10(17)6-7-15(20)18-12-9-14(23-5)13(22-4)8-11(12)16(21)19(2)3;/h8-10H,6-7,17H2,1-5H3,(H,18,20);1H. The fourth-order valence-corrected chi connectivity index (χ4v) is 1.97. The minimum Gasteiger partial charge on any atom is -0.493 e. The topological polar surface area (TPSA) is 93.9 Å². The first-order valence-corrected chi connectivity index (χ1v) is 7.33. The number of carbonyl (C=O) groups excluding carboxylic acids is 2. The molecule has 24 heavy (non-hydrogen) atoms. The Morgan fingerprint density at radius 2 is 1.75 bits per heavy atom. The summed E-state index contributed by atoms with van der Waals surface area (Å²) in [6.07, 6.45) is 0.845. The Bertz CT molecular complexity index is 577. The highest BCUT2D eigenvalue weighted by atomic mass is 35.5. The van der Waals surface area contributed by atoms with Crippen LogP contribution in [-0.4, -0.2) is 51.1 Å². The van der Waals surface area contributed by atoms with Gasteiger partial charge in [0.1, 0.15) is 0 Å². The maximum absolute atomic E-state index is 12.3. The van der Waals surface area contributed by atoms with Gasteiger partial charge < -0.3 is 25.4 Å². The highest BCUT2D eigenvalue weighted by molar-refractivity contribution is 6.04. The van der Waals surface area contributed by atoms with Crippen molar-refractivity contribution in [3.63, 3.8) is 0 Å². The van der Waals surface area contributed by atoms with Gasteiger partial charge in [-0.3, -0.25) is 9.59 Å². The molecule has 0 radical (unpaired) electrons. The van der Waals surface area contributed by atoms with Crippen LogP contribution in [0.3, 0.4) is 0 Å². The summed E-state index contributed by atoms with van der Waals surface area (Å²) in [6, 6.07) is 3.08. The second-order valence-electron chi connectivity index (χ2n) is 5.52. The summed E-state index contributed by atoms with van der Waals surface area (Å²) in [5.74, 6) is 0.410. The molecule has 0 saturated carbocycles. The number of amides is 2. The first kappa shape index (κ1) is 22.0. The Labute approximate surface area is 148 Å². The summed E-state index contributed by atoms with van der Waals surface area (Å²) >= 11 is 0. The minimum absolute atomic E-state index is 0. The van der Waals surface area contributed by atoms with Crippen molar-refractivity contribution in [3.05, 3.63) is 17.7 Å². The molecule has 2 amide bonds. The Hall–Kier alpha value is -1.99. The molecule has 0 aliphatic heterocycles. The molecule has 0 saturated heterocycles. The van der Waals surface area contributed by atoms with Crippen LogP contribution in [-0.2, 0) is 4.79 Å². The number of halogens is 1. The third-order valence-electron chi connectivity index (χ3n) is 3.26. The van der Waals surface area contributed by atoms with E-state index in [9.17, 15) is 9.59 Å². The second kappa shape index (κ2) is 10.00. The lowest BCUT2D eigenvalue weighted by molar-refractivity contribution is -0.116. The molecule has 1 aromatic rings. The third-order valence-corrected chi connectivity index (χ3v) is 3.26. The summed E-state index contributed by atoms with van der Waals surface area (Å²) in [6.45, 7) is 1.84. The number of nitrogens with two attached hydrogens (primary N) is 1. The number of rotatable bonds is 7. The average Bonchev–Trinajstić information content (AvgIpc) is 2.51. The first-order valence-electron chi connectivity index (χ1n) is 7.33. The van der Waals surface area contributed by atoms with Crippen molar-refractivity contribution < 1.29 is 19.1 Å². The van der Waals surface area contributed by atoms with E-state index >= 15 is 0 Å². The SMILES string of the molecule is COc1cc(NC(=O)CCC(C)N)c(C(=O)N(C)C)cc1OC.Cl. The number of methoxy groups -OCH3 is 2. The van der Waals surface area contributed by atoms with Crippen molar-refractivity contribution >= 4 is 29.9 Å². The largest absolute Gasteiger partial charge is 0.493 e. The van der Waals surface area contributed by atoms with Crippen molar-refractivity contribution in [2.24, 2.45) is 5.73 Å². The Balaban J connectivity index is 0.00000529. The average molecular weight is 360 g/mol. The van der Waals surface area contributed by atoms with Crippen LogP contribution < -0.4 is 20.5 Å². The molecule has 0 fully saturated rings. The maximum Gasteiger partial charge on any atom is 0.255 e. The summed E-state index contributed by atoms with van der Waals surface area (Å²) in [5.41, 5.74) is 6.38. The molecule has 1 unspecified atom stereocenters. The number of anilines is 1. The van der Waals surface area contributed by atoms with Gasteiger partial charge in [-0.05, 0) is 19.4 Å². The highest BCUT2D eigenvalue weighted by Crippen LogP contribution is 2.34.